The zero-order valence-electron chi connectivity index (χ0n) is 11.0. The van der Waals surface area contributed by atoms with E-state index in [1.54, 1.807) is 20.1 Å². The smallest absolute Gasteiger partial charge is 0.308 e. The number of aliphatic hydroxyl groups excluding tert-OH is 1. The first-order valence-corrected chi connectivity index (χ1v) is 6.77. The molecule has 0 fully saturated rings. The molecule has 0 bridgehead atoms. The number of ether oxygens (including phenoxy) is 2. The van der Waals surface area contributed by atoms with E-state index >= 15 is 0 Å². The maximum absolute atomic E-state index is 11.2. The number of rotatable bonds is 7. The van der Waals surface area contributed by atoms with Crippen molar-refractivity contribution in [2.24, 2.45) is 0 Å². The number of esters is 1. The molecule has 0 saturated carbocycles. The molecule has 1 aromatic rings. The molecule has 6 heteroatoms. The van der Waals surface area contributed by atoms with Gasteiger partial charge in [0.15, 0.2) is 0 Å². The number of halogens is 1. The van der Waals surface area contributed by atoms with Crippen molar-refractivity contribution >= 4 is 27.6 Å². The Labute approximate surface area is 121 Å². The van der Waals surface area contributed by atoms with Crippen molar-refractivity contribution in [3.63, 3.8) is 0 Å². The first-order chi connectivity index (χ1) is 9.06. The van der Waals surface area contributed by atoms with Gasteiger partial charge < -0.3 is 19.9 Å². The van der Waals surface area contributed by atoms with Gasteiger partial charge in [0.2, 0.25) is 0 Å². The van der Waals surface area contributed by atoms with Crippen LogP contribution in [0.25, 0.3) is 0 Å². The second-order valence-corrected chi connectivity index (χ2v) is 4.74. The van der Waals surface area contributed by atoms with E-state index in [4.69, 9.17) is 9.47 Å². The van der Waals surface area contributed by atoms with Gasteiger partial charge in [-0.1, -0.05) is 0 Å². The van der Waals surface area contributed by atoms with E-state index in [1.165, 1.54) is 0 Å². The summed E-state index contributed by atoms with van der Waals surface area (Å²) in [5, 5.41) is 12.8. The molecule has 0 aliphatic carbocycles. The number of benzene rings is 1. The number of carbonyl (C=O) groups excluding carboxylic acids is 1. The van der Waals surface area contributed by atoms with Gasteiger partial charge in [-0.2, -0.15) is 0 Å². The highest BCUT2D eigenvalue weighted by molar-refractivity contribution is 9.10. The van der Waals surface area contributed by atoms with E-state index < -0.39 is 12.1 Å². The number of carbonyl (C=O) groups is 1. The van der Waals surface area contributed by atoms with E-state index in [1.807, 2.05) is 12.1 Å². The van der Waals surface area contributed by atoms with Gasteiger partial charge in [0.1, 0.15) is 5.75 Å². The Balaban J connectivity index is 2.49. The summed E-state index contributed by atoms with van der Waals surface area (Å²) >= 11 is 3.39. The van der Waals surface area contributed by atoms with Gasteiger partial charge in [-0.3, -0.25) is 4.79 Å². The topological polar surface area (TPSA) is 67.8 Å². The Bertz CT molecular complexity index is 425. The molecule has 2 N–H and O–H groups in total. The van der Waals surface area contributed by atoms with Crippen molar-refractivity contribution in [3.8, 4) is 5.75 Å². The second kappa shape index (κ2) is 8.01. The first-order valence-electron chi connectivity index (χ1n) is 5.98. The summed E-state index contributed by atoms with van der Waals surface area (Å²) in [5.74, 6) is 0.312. The Morgan fingerprint density at radius 2 is 2.26 bits per heavy atom. The third-order valence-electron chi connectivity index (χ3n) is 2.41. The predicted octanol–water partition coefficient (Wildman–Crippen LogP) is 2.18. The van der Waals surface area contributed by atoms with Gasteiger partial charge in [0.05, 0.1) is 31.9 Å². The fourth-order valence-electron chi connectivity index (χ4n) is 1.48. The van der Waals surface area contributed by atoms with Gasteiger partial charge in [-0.05, 0) is 35.0 Å². The van der Waals surface area contributed by atoms with Crippen LogP contribution in [0, 0.1) is 0 Å². The minimum atomic E-state index is -0.794. The van der Waals surface area contributed by atoms with Crippen LogP contribution in [0.3, 0.4) is 0 Å². The number of hydrogen-bond donors (Lipinski definition) is 2. The van der Waals surface area contributed by atoms with Crippen LogP contribution in [0.2, 0.25) is 0 Å². The minimum Gasteiger partial charge on any atom is -0.497 e. The molecule has 1 atom stereocenters. The fraction of sp³-hybridized carbons (Fsp3) is 0.462. The monoisotopic (exact) mass is 331 g/mol. The van der Waals surface area contributed by atoms with Crippen molar-refractivity contribution in [2.75, 3.05) is 25.6 Å². The summed E-state index contributed by atoms with van der Waals surface area (Å²) in [4.78, 5) is 11.2. The highest BCUT2D eigenvalue weighted by Gasteiger charge is 2.12. The standard InChI is InChI=1S/C13H18BrNO4/c1-3-19-13(17)6-9(16)8-15-12-7-10(18-2)4-5-11(12)14/h4-5,7,9,15-16H,3,6,8H2,1-2H3. The van der Waals surface area contributed by atoms with Crippen LogP contribution in [-0.2, 0) is 9.53 Å². The van der Waals surface area contributed by atoms with Gasteiger partial charge in [0, 0.05) is 17.1 Å². The van der Waals surface area contributed by atoms with Gasteiger partial charge in [-0.15, -0.1) is 0 Å². The number of hydrogen-bond acceptors (Lipinski definition) is 5. The summed E-state index contributed by atoms with van der Waals surface area (Å²) in [6.45, 7) is 2.31. The number of methoxy groups -OCH3 is 1. The number of anilines is 1. The number of aliphatic hydroxyl groups is 1. The summed E-state index contributed by atoms with van der Waals surface area (Å²) < 4.78 is 10.7. The zero-order valence-corrected chi connectivity index (χ0v) is 12.6. The molecule has 0 saturated heterocycles. The van der Waals surface area contributed by atoms with Crippen LogP contribution in [0.5, 0.6) is 5.75 Å². The molecule has 0 spiro atoms. The van der Waals surface area contributed by atoms with Crippen LogP contribution in [0.1, 0.15) is 13.3 Å². The Kier molecular flexibility index (Phi) is 6.66. The molecule has 19 heavy (non-hydrogen) atoms. The summed E-state index contributed by atoms with van der Waals surface area (Å²) in [6, 6.07) is 5.48. The minimum absolute atomic E-state index is 0.0254. The lowest BCUT2D eigenvalue weighted by atomic mass is 10.2. The fourth-order valence-corrected chi connectivity index (χ4v) is 1.87. The van der Waals surface area contributed by atoms with Crippen LogP contribution in [0.15, 0.2) is 22.7 Å². The average molecular weight is 332 g/mol. The molecular weight excluding hydrogens is 314 g/mol. The molecule has 0 heterocycles. The van der Waals surface area contributed by atoms with E-state index in [0.717, 1.165) is 10.2 Å². The van der Waals surface area contributed by atoms with Gasteiger partial charge >= 0.3 is 5.97 Å². The third kappa shape index (κ3) is 5.48. The Morgan fingerprint density at radius 1 is 1.53 bits per heavy atom. The van der Waals surface area contributed by atoms with Gasteiger partial charge in [-0.25, -0.2) is 0 Å². The van der Waals surface area contributed by atoms with Crippen molar-refractivity contribution in [1.82, 2.24) is 0 Å². The van der Waals surface area contributed by atoms with Crippen LogP contribution in [-0.4, -0.2) is 37.4 Å². The summed E-state index contributed by atoms with van der Waals surface area (Å²) in [7, 11) is 1.59. The molecule has 1 rings (SSSR count). The van der Waals surface area contributed by atoms with Crippen LogP contribution in [0.4, 0.5) is 5.69 Å². The first kappa shape index (κ1) is 15.8. The van der Waals surface area contributed by atoms with E-state index in [2.05, 4.69) is 21.2 Å². The summed E-state index contributed by atoms with van der Waals surface area (Å²) in [6.07, 6.45) is -0.820. The van der Waals surface area contributed by atoms with Crippen molar-refractivity contribution in [1.29, 1.82) is 0 Å². The quantitative estimate of drug-likeness (QED) is 0.749. The lowest BCUT2D eigenvalue weighted by Gasteiger charge is -2.14. The maximum atomic E-state index is 11.2. The zero-order chi connectivity index (χ0) is 14.3. The van der Waals surface area contributed by atoms with Crippen molar-refractivity contribution in [2.45, 2.75) is 19.4 Å². The Hall–Kier alpha value is -1.27. The third-order valence-corrected chi connectivity index (χ3v) is 3.10. The largest absolute Gasteiger partial charge is 0.497 e. The highest BCUT2D eigenvalue weighted by Crippen LogP contribution is 2.27. The maximum Gasteiger partial charge on any atom is 0.308 e. The molecule has 0 amide bonds. The average Bonchev–Trinajstić information content (AvgIpc) is 2.38. The molecule has 1 aromatic carbocycles. The molecule has 0 aliphatic rings. The SMILES string of the molecule is CCOC(=O)CC(O)CNc1cc(OC)ccc1Br. The van der Waals surface area contributed by atoms with Crippen molar-refractivity contribution in [3.05, 3.63) is 22.7 Å². The lowest BCUT2D eigenvalue weighted by Crippen LogP contribution is -2.24. The van der Waals surface area contributed by atoms with Crippen LogP contribution >= 0.6 is 15.9 Å². The molecule has 0 aromatic heterocycles. The van der Waals surface area contributed by atoms with Gasteiger partial charge in [0.25, 0.3) is 0 Å². The normalized spacial score (nSPS) is 11.8. The molecule has 1 unspecified atom stereocenters. The summed E-state index contributed by atoms with van der Waals surface area (Å²) in [5.41, 5.74) is 0.794. The number of nitrogens with one attached hydrogen (secondary N) is 1. The lowest BCUT2D eigenvalue weighted by molar-refractivity contribution is -0.145. The molecule has 5 nitrogen and oxygen atoms in total. The molecular formula is C13H18BrNO4. The molecule has 0 radical (unpaired) electrons. The van der Waals surface area contributed by atoms with E-state index in [0.29, 0.717) is 12.4 Å². The Morgan fingerprint density at radius 3 is 2.89 bits per heavy atom. The molecule has 106 valence electrons. The van der Waals surface area contributed by atoms with Crippen molar-refractivity contribution < 1.29 is 19.4 Å². The van der Waals surface area contributed by atoms with E-state index in [-0.39, 0.29) is 13.0 Å². The highest BCUT2D eigenvalue weighted by atomic mass is 79.9. The van der Waals surface area contributed by atoms with E-state index in [9.17, 15) is 9.90 Å². The predicted molar refractivity (Wildman–Crippen MR) is 76.4 cm³/mol. The molecule has 0 aliphatic heterocycles. The van der Waals surface area contributed by atoms with Crippen LogP contribution < -0.4 is 10.1 Å². The second-order valence-electron chi connectivity index (χ2n) is 3.89.